The monoisotopic (exact) mass is 271 g/mol. The van der Waals surface area contributed by atoms with Crippen molar-refractivity contribution < 1.29 is 13.9 Å². The number of aromatic nitrogens is 2. The van der Waals surface area contributed by atoms with Crippen LogP contribution in [0.2, 0.25) is 0 Å². The van der Waals surface area contributed by atoms with Crippen molar-refractivity contribution in [3.8, 4) is 0 Å². The summed E-state index contributed by atoms with van der Waals surface area (Å²) in [6.45, 7) is 1.75. The Hall–Kier alpha value is -1.60. The molecule has 0 aliphatic heterocycles. The highest BCUT2D eigenvalue weighted by molar-refractivity contribution is 7.15. The van der Waals surface area contributed by atoms with E-state index in [1.165, 1.54) is 17.4 Å². The van der Waals surface area contributed by atoms with Gasteiger partial charge >= 0.3 is 0 Å². The van der Waals surface area contributed by atoms with Crippen LogP contribution in [0.5, 0.6) is 0 Å². The van der Waals surface area contributed by atoms with Gasteiger partial charge in [-0.2, -0.15) is 0 Å². The van der Waals surface area contributed by atoms with Crippen molar-refractivity contribution in [1.82, 2.24) is 10.2 Å². The lowest BCUT2D eigenvalue weighted by atomic mass is 10.1. The van der Waals surface area contributed by atoms with Gasteiger partial charge in [0.15, 0.2) is 0 Å². The number of halogens is 2. The van der Waals surface area contributed by atoms with Crippen LogP contribution in [-0.4, -0.2) is 21.8 Å². The Morgan fingerprint density at radius 3 is 2.56 bits per heavy atom. The third-order valence-corrected chi connectivity index (χ3v) is 3.10. The number of hydrogen-bond donors (Lipinski definition) is 2. The molecule has 0 saturated heterocycles. The molecule has 1 unspecified atom stereocenters. The van der Waals surface area contributed by atoms with Gasteiger partial charge in [0.2, 0.25) is 5.13 Å². The van der Waals surface area contributed by atoms with Crippen LogP contribution in [-0.2, 0) is 0 Å². The quantitative estimate of drug-likeness (QED) is 0.895. The van der Waals surface area contributed by atoms with E-state index in [0.29, 0.717) is 5.13 Å². The maximum atomic E-state index is 13.4. The maximum absolute atomic E-state index is 13.4. The first-order valence-corrected chi connectivity index (χ1v) is 6.05. The molecule has 0 radical (unpaired) electrons. The molecule has 1 heterocycles. The Balaban J connectivity index is 2.06. The lowest BCUT2D eigenvalue weighted by molar-refractivity contribution is 0.181. The molecule has 1 aromatic heterocycles. The van der Waals surface area contributed by atoms with E-state index in [1.54, 1.807) is 6.92 Å². The van der Waals surface area contributed by atoms with Crippen molar-refractivity contribution in [2.45, 2.75) is 13.0 Å². The maximum Gasteiger partial charge on any atom is 0.205 e. The molecule has 7 heteroatoms. The van der Waals surface area contributed by atoms with E-state index in [-0.39, 0.29) is 12.1 Å². The standard InChI is InChI=1S/C11H11F2N3OS/c1-6-15-16-11(18-6)14-5-9(17)10-7(12)3-2-4-8(10)13/h2-4,9,17H,5H2,1H3,(H,14,16). The number of aryl methyl sites for hydroxylation is 1. The minimum atomic E-state index is -1.28. The SMILES string of the molecule is Cc1nnc(NCC(O)c2c(F)cccc2F)s1. The Morgan fingerprint density at radius 1 is 1.33 bits per heavy atom. The van der Waals surface area contributed by atoms with Crippen LogP contribution in [0, 0.1) is 18.6 Å². The van der Waals surface area contributed by atoms with Gasteiger partial charge < -0.3 is 10.4 Å². The summed E-state index contributed by atoms with van der Waals surface area (Å²) in [5.74, 6) is -1.53. The lowest BCUT2D eigenvalue weighted by Crippen LogP contribution is -2.15. The predicted molar refractivity (Wildman–Crippen MR) is 64.5 cm³/mol. The first kappa shape index (κ1) is 12.8. The van der Waals surface area contributed by atoms with Crippen LogP contribution in [0.4, 0.5) is 13.9 Å². The summed E-state index contributed by atoms with van der Waals surface area (Å²) in [6.07, 6.45) is -1.28. The number of nitrogens with one attached hydrogen (secondary N) is 1. The molecule has 1 aromatic carbocycles. The molecule has 2 rings (SSSR count). The molecule has 4 nitrogen and oxygen atoms in total. The summed E-state index contributed by atoms with van der Waals surface area (Å²) in [6, 6.07) is 3.47. The highest BCUT2D eigenvalue weighted by Gasteiger charge is 2.17. The van der Waals surface area contributed by atoms with Crippen LogP contribution in [0.25, 0.3) is 0 Å². The van der Waals surface area contributed by atoms with Crippen molar-refractivity contribution in [3.63, 3.8) is 0 Å². The van der Waals surface area contributed by atoms with Gasteiger partial charge in [0.1, 0.15) is 22.7 Å². The van der Waals surface area contributed by atoms with Gasteiger partial charge in [-0.25, -0.2) is 8.78 Å². The van der Waals surface area contributed by atoms with Crippen LogP contribution in [0.3, 0.4) is 0 Å². The van der Waals surface area contributed by atoms with Crippen molar-refractivity contribution in [3.05, 3.63) is 40.4 Å². The minimum absolute atomic E-state index is 0.0352. The first-order chi connectivity index (χ1) is 8.58. The predicted octanol–water partition coefficient (Wildman–Crippen LogP) is 2.27. The van der Waals surface area contributed by atoms with Gasteiger partial charge in [0.25, 0.3) is 0 Å². The number of aliphatic hydroxyl groups is 1. The van der Waals surface area contributed by atoms with Gasteiger partial charge in [-0.1, -0.05) is 17.4 Å². The highest BCUT2D eigenvalue weighted by atomic mass is 32.1. The fourth-order valence-corrected chi connectivity index (χ4v) is 2.08. The molecule has 0 spiro atoms. The molecular weight excluding hydrogens is 260 g/mol. The lowest BCUT2D eigenvalue weighted by Gasteiger charge is -2.12. The van der Waals surface area contributed by atoms with E-state index in [0.717, 1.165) is 17.1 Å². The molecule has 2 aromatic rings. The Morgan fingerprint density at radius 2 is 2.00 bits per heavy atom. The summed E-state index contributed by atoms with van der Waals surface area (Å²) < 4.78 is 26.8. The van der Waals surface area contributed by atoms with E-state index in [4.69, 9.17) is 0 Å². The summed E-state index contributed by atoms with van der Waals surface area (Å²) in [7, 11) is 0. The second kappa shape index (κ2) is 5.36. The molecule has 0 amide bonds. The molecule has 0 aliphatic rings. The van der Waals surface area contributed by atoms with Gasteiger partial charge in [-0.15, -0.1) is 10.2 Å². The molecule has 0 fully saturated rings. The first-order valence-electron chi connectivity index (χ1n) is 5.24. The molecule has 1 atom stereocenters. The number of aliphatic hydroxyl groups excluding tert-OH is 1. The smallest absolute Gasteiger partial charge is 0.205 e. The third-order valence-electron chi connectivity index (χ3n) is 2.31. The number of anilines is 1. The topological polar surface area (TPSA) is 58.0 Å². The normalized spacial score (nSPS) is 12.4. The van der Waals surface area contributed by atoms with Crippen LogP contribution >= 0.6 is 11.3 Å². The van der Waals surface area contributed by atoms with E-state index < -0.39 is 17.7 Å². The number of benzene rings is 1. The molecule has 96 valence electrons. The van der Waals surface area contributed by atoms with Crippen LogP contribution in [0.1, 0.15) is 16.7 Å². The van der Waals surface area contributed by atoms with Crippen molar-refractivity contribution in [2.75, 3.05) is 11.9 Å². The Labute approximate surface area is 106 Å². The second-order valence-electron chi connectivity index (χ2n) is 3.66. The van der Waals surface area contributed by atoms with Gasteiger partial charge in [-0.05, 0) is 19.1 Å². The average Bonchev–Trinajstić information content (AvgIpc) is 2.72. The molecule has 0 saturated carbocycles. The second-order valence-corrected chi connectivity index (χ2v) is 4.84. The summed E-state index contributed by atoms with van der Waals surface area (Å²) in [5.41, 5.74) is -0.341. The van der Waals surface area contributed by atoms with E-state index in [2.05, 4.69) is 15.5 Å². The van der Waals surface area contributed by atoms with Gasteiger partial charge in [0.05, 0.1) is 5.56 Å². The number of rotatable bonds is 4. The fourth-order valence-electron chi connectivity index (χ4n) is 1.48. The molecule has 18 heavy (non-hydrogen) atoms. The fraction of sp³-hybridized carbons (Fsp3) is 0.273. The van der Waals surface area contributed by atoms with Gasteiger partial charge in [0, 0.05) is 6.54 Å². The zero-order chi connectivity index (χ0) is 13.1. The molecule has 0 bridgehead atoms. The Kier molecular flexibility index (Phi) is 3.83. The summed E-state index contributed by atoms with van der Waals surface area (Å²) in [5, 5.41) is 21.4. The number of nitrogens with zero attached hydrogens (tertiary/aromatic N) is 2. The minimum Gasteiger partial charge on any atom is -0.386 e. The van der Waals surface area contributed by atoms with Crippen LogP contribution in [0.15, 0.2) is 18.2 Å². The summed E-state index contributed by atoms with van der Waals surface area (Å²) in [4.78, 5) is 0. The molecule has 0 aliphatic carbocycles. The van der Waals surface area contributed by atoms with Crippen LogP contribution < -0.4 is 5.32 Å². The van der Waals surface area contributed by atoms with Crippen molar-refractivity contribution in [1.29, 1.82) is 0 Å². The van der Waals surface area contributed by atoms with Crippen molar-refractivity contribution in [2.24, 2.45) is 0 Å². The van der Waals surface area contributed by atoms with E-state index >= 15 is 0 Å². The van der Waals surface area contributed by atoms with E-state index in [1.807, 2.05) is 0 Å². The van der Waals surface area contributed by atoms with Gasteiger partial charge in [-0.3, -0.25) is 0 Å². The Bertz CT molecular complexity index is 527. The largest absolute Gasteiger partial charge is 0.386 e. The number of hydrogen-bond acceptors (Lipinski definition) is 5. The highest BCUT2D eigenvalue weighted by Crippen LogP contribution is 2.22. The third kappa shape index (κ3) is 2.80. The molecular formula is C11H11F2N3OS. The molecule has 2 N–H and O–H groups in total. The summed E-state index contributed by atoms with van der Waals surface area (Å²) >= 11 is 1.30. The van der Waals surface area contributed by atoms with Crippen molar-refractivity contribution >= 4 is 16.5 Å². The van der Waals surface area contributed by atoms with E-state index in [9.17, 15) is 13.9 Å². The zero-order valence-corrected chi connectivity index (χ0v) is 10.3. The zero-order valence-electron chi connectivity index (χ0n) is 9.52. The average molecular weight is 271 g/mol.